The van der Waals surface area contributed by atoms with Crippen molar-refractivity contribution in [2.75, 3.05) is 6.67 Å². The standard InChI is InChI=1S/C15H25F/c1-6-10(3)15-11(4)8-14(12(5)9-16)13(15)7-2/h11,13-14H,5-9H2,1-4H3/b15-10-. The quantitative estimate of drug-likeness (QED) is 0.594. The molecule has 16 heavy (non-hydrogen) atoms. The normalized spacial score (nSPS) is 32.9. The van der Waals surface area contributed by atoms with Crippen LogP contribution in [0.4, 0.5) is 4.39 Å². The van der Waals surface area contributed by atoms with Crippen LogP contribution in [-0.2, 0) is 0 Å². The van der Waals surface area contributed by atoms with Crippen molar-refractivity contribution in [2.45, 2.75) is 47.0 Å². The first-order chi connectivity index (χ1) is 7.56. The Morgan fingerprint density at radius 3 is 2.50 bits per heavy atom. The first-order valence-electron chi connectivity index (χ1n) is 6.49. The zero-order valence-electron chi connectivity index (χ0n) is 11.1. The van der Waals surface area contributed by atoms with Crippen molar-refractivity contribution in [1.82, 2.24) is 0 Å². The minimum atomic E-state index is -0.355. The second kappa shape index (κ2) is 5.65. The van der Waals surface area contributed by atoms with Gasteiger partial charge in [-0.2, -0.15) is 0 Å². The van der Waals surface area contributed by atoms with Gasteiger partial charge in [-0.25, -0.2) is 4.39 Å². The van der Waals surface area contributed by atoms with Crippen LogP contribution in [-0.4, -0.2) is 6.67 Å². The molecule has 1 aliphatic carbocycles. The number of rotatable bonds is 4. The Labute approximate surface area is 99.6 Å². The molecule has 0 aliphatic heterocycles. The maximum absolute atomic E-state index is 12.8. The first kappa shape index (κ1) is 13.5. The molecule has 0 bridgehead atoms. The van der Waals surface area contributed by atoms with Gasteiger partial charge in [0, 0.05) is 0 Å². The molecule has 0 heterocycles. The van der Waals surface area contributed by atoms with Gasteiger partial charge in [-0.15, -0.1) is 0 Å². The summed E-state index contributed by atoms with van der Waals surface area (Å²) >= 11 is 0. The number of hydrogen-bond acceptors (Lipinski definition) is 0. The van der Waals surface area contributed by atoms with E-state index in [0.29, 0.717) is 17.8 Å². The predicted octanol–water partition coefficient (Wildman–Crippen LogP) is 4.92. The Morgan fingerprint density at radius 2 is 2.06 bits per heavy atom. The third kappa shape index (κ3) is 2.39. The lowest BCUT2D eigenvalue weighted by Gasteiger charge is -2.21. The van der Waals surface area contributed by atoms with Crippen LogP contribution in [0.2, 0.25) is 0 Å². The van der Waals surface area contributed by atoms with Crippen molar-refractivity contribution < 1.29 is 4.39 Å². The molecule has 0 spiro atoms. The van der Waals surface area contributed by atoms with Crippen LogP contribution in [0.15, 0.2) is 23.3 Å². The Bertz CT molecular complexity index is 288. The van der Waals surface area contributed by atoms with Crippen LogP contribution in [0.3, 0.4) is 0 Å². The molecular weight excluding hydrogens is 199 g/mol. The maximum atomic E-state index is 12.8. The zero-order chi connectivity index (χ0) is 12.3. The van der Waals surface area contributed by atoms with E-state index in [1.54, 1.807) is 5.57 Å². The Kier molecular flexibility index (Phi) is 4.76. The summed E-state index contributed by atoms with van der Waals surface area (Å²) in [5.74, 6) is 1.53. The highest BCUT2D eigenvalue weighted by atomic mass is 19.1. The summed E-state index contributed by atoms with van der Waals surface area (Å²) in [5, 5.41) is 0. The van der Waals surface area contributed by atoms with E-state index in [-0.39, 0.29) is 6.67 Å². The van der Waals surface area contributed by atoms with Crippen LogP contribution in [0.25, 0.3) is 0 Å². The molecule has 0 aromatic heterocycles. The topological polar surface area (TPSA) is 0 Å². The Morgan fingerprint density at radius 1 is 1.44 bits per heavy atom. The molecule has 0 aromatic rings. The zero-order valence-corrected chi connectivity index (χ0v) is 11.1. The summed E-state index contributed by atoms with van der Waals surface area (Å²) in [6.07, 6.45) is 3.32. The number of halogens is 1. The summed E-state index contributed by atoms with van der Waals surface area (Å²) in [7, 11) is 0. The SMILES string of the molecule is C=C(CF)C1CC(C)/C(=C(\C)CC)C1CC. The Balaban J connectivity index is 3.01. The molecule has 1 rings (SSSR count). The average Bonchev–Trinajstić information content (AvgIpc) is 2.63. The van der Waals surface area contributed by atoms with Crippen molar-refractivity contribution >= 4 is 0 Å². The molecule has 1 fully saturated rings. The molecule has 0 nitrogen and oxygen atoms in total. The molecule has 1 saturated carbocycles. The van der Waals surface area contributed by atoms with E-state index in [1.807, 2.05) is 0 Å². The van der Waals surface area contributed by atoms with Crippen molar-refractivity contribution in [3.63, 3.8) is 0 Å². The predicted molar refractivity (Wildman–Crippen MR) is 69.2 cm³/mol. The van der Waals surface area contributed by atoms with Crippen LogP contribution in [0, 0.1) is 17.8 Å². The van der Waals surface area contributed by atoms with Crippen molar-refractivity contribution in [1.29, 1.82) is 0 Å². The van der Waals surface area contributed by atoms with Gasteiger partial charge in [0.25, 0.3) is 0 Å². The van der Waals surface area contributed by atoms with Crippen molar-refractivity contribution in [3.05, 3.63) is 23.3 Å². The average molecular weight is 224 g/mol. The van der Waals surface area contributed by atoms with Gasteiger partial charge in [-0.3, -0.25) is 0 Å². The number of alkyl halides is 1. The minimum Gasteiger partial charge on any atom is -0.246 e. The van der Waals surface area contributed by atoms with Gasteiger partial charge in [-0.1, -0.05) is 38.5 Å². The van der Waals surface area contributed by atoms with Crippen LogP contribution >= 0.6 is 0 Å². The van der Waals surface area contributed by atoms with Crippen LogP contribution in [0.1, 0.15) is 47.0 Å². The highest BCUT2D eigenvalue weighted by Gasteiger charge is 2.37. The van der Waals surface area contributed by atoms with Gasteiger partial charge in [0.2, 0.25) is 0 Å². The molecule has 3 unspecified atom stereocenters. The fourth-order valence-corrected chi connectivity index (χ4v) is 3.25. The van der Waals surface area contributed by atoms with E-state index in [1.165, 1.54) is 5.57 Å². The highest BCUT2D eigenvalue weighted by molar-refractivity contribution is 5.27. The van der Waals surface area contributed by atoms with Gasteiger partial charge in [0.15, 0.2) is 0 Å². The third-order valence-electron chi connectivity index (χ3n) is 4.18. The van der Waals surface area contributed by atoms with E-state index < -0.39 is 0 Å². The van der Waals surface area contributed by atoms with Crippen molar-refractivity contribution in [3.8, 4) is 0 Å². The molecule has 0 saturated heterocycles. The summed E-state index contributed by atoms with van der Waals surface area (Å²) in [5.41, 5.74) is 3.90. The van der Waals surface area contributed by atoms with Crippen LogP contribution < -0.4 is 0 Å². The van der Waals surface area contributed by atoms with E-state index in [0.717, 1.165) is 24.8 Å². The molecule has 0 amide bonds. The second-order valence-electron chi connectivity index (χ2n) is 5.14. The van der Waals surface area contributed by atoms with E-state index in [2.05, 4.69) is 34.3 Å². The van der Waals surface area contributed by atoms with Gasteiger partial charge < -0.3 is 0 Å². The van der Waals surface area contributed by atoms with Gasteiger partial charge in [0.05, 0.1) is 0 Å². The largest absolute Gasteiger partial charge is 0.246 e. The molecule has 1 heteroatoms. The third-order valence-corrected chi connectivity index (χ3v) is 4.18. The highest BCUT2D eigenvalue weighted by Crippen LogP contribution is 2.47. The van der Waals surface area contributed by atoms with Gasteiger partial charge in [-0.05, 0) is 49.5 Å². The summed E-state index contributed by atoms with van der Waals surface area (Å²) < 4.78 is 12.8. The lowest BCUT2D eigenvalue weighted by molar-refractivity contribution is 0.416. The molecule has 0 N–H and O–H groups in total. The summed E-state index contributed by atoms with van der Waals surface area (Å²) in [4.78, 5) is 0. The smallest absolute Gasteiger partial charge is 0.111 e. The summed E-state index contributed by atoms with van der Waals surface area (Å²) in [6, 6.07) is 0. The van der Waals surface area contributed by atoms with E-state index in [9.17, 15) is 4.39 Å². The van der Waals surface area contributed by atoms with Gasteiger partial charge >= 0.3 is 0 Å². The Hall–Kier alpha value is -0.590. The number of hydrogen-bond donors (Lipinski definition) is 0. The lowest BCUT2D eigenvalue weighted by atomic mass is 9.84. The monoisotopic (exact) mass is 224 g/mol. The second-order valence-corrected chi connectivity index (χ2v) is 5.14. The van der Waals surface area contributed by atoms with E-state index in [4.69, 9.17) is 0 Å². The molecule has 92 valence electrons. The first-order valence-corrected chi connectivity index (χ1v) is 6.49. The fraction of sp³-hybridized carbons (Fsp3) is 0.733. The lowest BCUT2D eigenvalue weighted by Crippen LogP contribution is -2.12. The fourth-order valence-electron chi connectivity index (χ4n) is 3.25. The molecule has 3 atom stereocenters. The van der Waals surface area contributed by atoms with Crippen molar-refractivity contribution in [2.24, 2.45) is 17.8 Å². The van der Waals surface area contributed by atoms with E-state index >= 15 is 0 Å². The molecular formula is C15H25F. The molecule has 1 aliphatic rings. The minimum absolute atomic E-state index is 0.355. The maximum Gasteiger partial charge on any atom is 0.111 e. The van der Waals surface area contributed by atoms with Crippen LogP contribution in [0.5, 0.6) is 0 Å². The number of allylic oxidation sites excluding steroid dienone is 3. The molecule has 0 radical (unpaired) electrons. The molecule has 0 aromatic carbocycles. The van der Waals surface area contributed by atoms with Gasteiger partial charge in [0.1, 0.15) is 6.67 Å². The summed E-state index contributed by atoms with van der Waals surface area (Å²) in [6.45, 7) is 12.5.